The van der Waals surface area contributed by atoms with Gasteiger partial charge in [-0.05, 0) is 32.0 Å². The van der Waals surface area contributed by atoms with E-state index in [-0.39, 0.29) is 0 Å². The molecule has 2 N–H and O–H groups in total. The number of benzene rings is 1. The van der Waals surface area contributed by atoms with Gasteiger partial charge in [-0.2, -0.15) is 0 Å². The van der Waals surface area contributed by atoms with Crippen molar-refractivity contribution in [2.45, 2.75) is 20.5 Å². The standard InChI is InChI=1S/C13H15N3O/c1-9-6-12(16-10(2)15-9)8-17-13-5-3-4-11(14)7-13/h3-7H,8,14H2,1-2H3. The fraction of sp³-hybridized carbons (Fsp3) is 0.231. The molecule has 2 rings (SSSR count). The highest BCUT2D eigenvalue weighted by atomic mass is 16.5. The number of nitrogens with zero attached hydrogens (tertiary/aromatic N) is 2. The maximum Gasteiger partial charge on any atom is 0.130 e. The SMILES string of the molecule is Cc1cc(COc2cccc(N)c2)nc(C)n1. The number of aryl methyl sites for hydroxylation is 2. The molecule has 0 amide bonds. The van der Waals surface area contributed by atoms with Crippen molar-refractivity contribution in [1.82, 2.24) is 9.97 Å². The number of hydrogen-bond donors (Lipinski definition) is 1. The summed E-state index contributed by atoms with van der Waals surface area (Å²) < 4.78 is 5.61. The monoisotopic (exact) mass is 229 g/mol. The van der Waals surface area contributed by atoms with Gasteiger partial charge in [0.1, 0.15) is 18.2 Å². The Balaban J connectivity index is 2.07. The van der Waals surface area contributed by atoms with Crippen LogP contribution >= 0.6 is 0 Å². The van der Waals surface area contributed by atoms with Crippen LogP contribution in [0.3, 0.4) is 0 Å². The molecular weight excluding hydrogens is 214 g/mol. The molecule has 0 radical (unpaired) electrons. The van der Waals surface area contributed by atoms with Gasteiger partial charge in [0.05, 0.1) is 5.69 Å². The maximum atomic E-state index is 5.67. The van der Waals surface area contributed by atoms with Crippen LogP contribution in [0.15, 0.2) is 30.3 Å². The number of aromatic nitrogens is 2. The van der Waals surface area contributed by atoms with Crippen LogP contribution in [0.1, 0.15) is 17.2 Å². The van der Waals surface area contributed by atoms with Crippen molar-refractivity contribution in [3.8, 4) is 5.75 Å². The topological polar surface area (TPSA) is 61.0 Å². The molecule has 0 fully saturated rings. The van der Waals surface area contributed by atoms with E-state index in [4.69, 9.17) is 10.5 Å². The number of nitrogen functional groups attached to an aromatic ring is 1. The summed E-state index contributed by atoms with van der Waals surface area (Å²) in [4.78, 5) is 8.52. The average Bonchev–Trinajstić information content (AvgIpc) is 2.25. The lowest BCUT2D eigenvalue weighted by atomic mass is 10.3. The van der Waals surface area contributed by atoms with Crippen LogP contribution in [0.25, 0.3) is 0 Å². The largest absolute Gasteiger partial charge is 0.487 e. The van der Waals surface area contributed by atoms with E-state index in [1.54, 1.807) is 6.07 Å². The molecule has 0 spiro atoms. The smallest absolute Gasteiger partial charge is 0.130 e. The van der Waals surface area contributed by atoms with Gasteiger partial charge in [0.25, 0.3) is 0 Å². The summed E-state index contributed by atoms with van der Waals surface area (Å²) in [6.45, 7) is 4.24. The van der Waals surface area contributed by atoms with Crippen molar-refractivity contribution in [3.63, 3.8) is 0 Å². The van der Waals surface area contributed by atoms with Crippen molar-refractivity contribution < 1.29 is 4.74 Å². The third kappa shape index (κ3) is 3.17. The molecule has 2 aromatic rings. The summed E-state index contributed by atoms with van der Waals surface area (Å²) in [7, 11) is 0. The summed E-state index contributed by atoms with van der Waals surface area (Å²) in [5.74, 6) is 1.51. The van der Waals surface area contributed by atoms with Crippen molar-refractivity contribution in [2.24, 2.45) is 0 Å². The van der Waals surface area contributed by atoms with Gasteiger partial charge in [-0.15, -0.1) is 0 Å². The number of hydrogen-bond acceptors (Lipinski definition) is 4. The Bertz CT molecular complexity index is 506. The molecule has 0 saturated carbocycles. The van der Waals surface area contributed by atoms with Crippen molar-refractivity contribution in [3.05, 3.63) is 47.5 Å². The molecule has 4 heteroatoms. The second-order valence-corrected chi connectivity index (χ2v) is 3.91. The number of ether oxygens (including phenoxy) is 1. The minimum atomic E-state index is 0.424. The summed E-state index contributed by atoms with van der Waals surface area (Å²) in [6.07, 6.45) is 0. The third-order valence-corrected chi connectivity index (χ3v) is 2.26. The van der Waals surface area contributed by atoms with Gasteiger partial charge >= 0.3 is 0 Å². The summed E-state index contributed by atoms with van der Waals surface area (Å²) in [5.41, 5.74) is 8.18. The third-order valence-electron chi connectivity index (χ3n) is 2.26. The van der Waals surface area contributed by atoms with Gasteiger partial charge in [-0.3, -0.25) is 0 Å². The van der Waals surface area contributed by atoms with Crippen LogP contribution in [0.2, 0.25) is 0 Å². The quantitative estimate of drug-likeness (QED) is 0.820. The second-order valence-electron chi connectivity index (χ2n) is 3.91. The Morgan fingerprint density at radius 2 is 2.00 bits per heavy atom. The lowest BCUT2D eigenvalue weighted by molar-refractivity contribution is 0.301. The van der Waals surface area contributed by atoms with E-state index in [0.717, 1.165) is 23.0 Å². The van der Waals surface area contributed by atoms with Gasteiger partial charge in [0.15, 0.2) is 0 Å². The van der Waals surface area contributed by atoms with E-state index in [0.29, 0.717) is 12.3 Å². The summed E-state index contributed by atoms with van der Waals surface area (Å²) in [5, 5.41) is 0. The molecule has 0 atom stereocenters. The molecule has 17 heavy (non-hydrogen) atoms. The number of nitrogens with two attached hydrogens (primary N) is 1. The van der Waals surface area contributed by atoms with E-state index in [1.807, 2.05) is 38.1 Å². The average molecular weight is 229 g/mol. The van der Waals surface area contributed by atoms with Gasteiger partial charge < -0.3 is 10.5 Å². The minimum absolute atomic E-state index is 0.424. The van der Waals surface area contributed by atoms with E-state index in [9.17, 15) is 0 Å². The van der Waals surface area contributed by atoms with Crippen molar-refractivity contribution >= 4 is 5.69 Å². The Labute approximate surface area is 100 Å². The predicted molar refractivity (Wildman–Crippen MR) is 66.7 cm³/mol. The molecular formula is C13H15N3O. The molecule has 1 aromatic carbocycles. The Hall–Kier alpha value is -2.10. The van der Waals surface area contributed by atoms with E-state index < -0.39 is 0 Å². The van der Waals surface area contributed by atoms with Crippen molar-refractivity contribution in [2.75, 3.05) is 5.73 Å². The van der Waals surface area contributed by atoms with Crippen LogP contribution in [0.5, 0.6) is 5.75 Å². The first-order chi connectivity index (χ1) is 8.13. The molecule has 88 valence electrons. The fourth-order valence-corrected chi connectivity index (χ4v) is 1.63. The zero-order valence-electron chi connectivity index (χ0n) is 9.97. The van der Waals surface area contributed by atoms with Crippen molar-refractivity contribution in [1.29, 1.82) is 0 Å². The van der Waals surface area contributed by atoms with E-state index in [2.05, 4.69) is 9.97 Å². The number of anilines is 1. The molecule has 1 heterocycles. The molecule has 0 aliphatic carbocycles. The summed E-state index contributed by atoms with van der Waals surface area (Å²) >= 11 is 0. The van der Waals surface area contributed by atoms with Crippen LogP contribution < -0.4 is 10.5 Å². The number of rotatable bonds is 3. The molecule has 1 aromatic heterocycles. The highest BCUT2D eigenvalue weighted by Gasteiger charge is 2.00. The first-order valence-corrected chi connectivity index (χ1v) is 5.43. The lowest BCUT2D eigenvalue weighted by Gasteiger charge is -2.07. The predicted octanol–water partition coefficient (Wildman–Crippen LogP) is 2.25. The lowest BCUT2D eigenvalue weighted by Crippen LogP contribution is -2.02. The first-order valence-electron chi connectivity index (χ1n) is 5.43. The van der Waals surface area contributed by atoms with Gasteiger partial charge in [0, 0.05) is 17.4 Å². The van der Waals surface area contributed by atoms with E-state index >= 15 is 0 Å². The minimum Gasteiger partial charge on any atom is -0.487 e. The highest BCUT2D eigenvalue weighted by Crippen LogP contribution is 2.15. The summed E-state index contributed by atoms with van der Waals surface area (Å²) in [6, 6.07) is 9.27. The van der Waals surface area contributed by atoms with E-state index in [1.165, 1.54) is 0 Å². The Morgan fingerprint density at radius 1 is 1.18 bits per heavy atom. The normalized spacial score (nSPS) is 10.2. The van der Waals surface area contributed by atoms with Crippen LogP contribution in [0, 0.1) is 13.8 Å². The molecule has 0 saturated heterocycles. The first kappa shape index (κ1) is 11.4. The van der Waals surface area contributed by atoms with Gasteiger partial charge in [0.2, 0.25) is 0 Å². The zero-order valence-corrected chi connectivity index (χ0v) is 9.97. The van der Waals surface area contributed by atoms with Crippen LogP contribution in [0.4, 0.5) is 5.69 Å². The Morgan fingerprint density at radius 3 is 2.71 bits per heavy atom. The molecule has 0 aliphatic rings. The van der Waals surface area contributed by atoms with Crippen LogP contribution in [-0.2, 0) is 6.61 Å². The molecule has 4 nitrogen and oxygen atoms in total. The molecule has 0 aliphatic heterocycles. The Kier molecular flexibility index (Phi) is 3.23. The second kappa shape index (κ2) is 4.82. The van der Waals surface area contributed by atoms with Crippen LogP contribution in [-0.4, -0.2) is 9.97 Å². The molecule has 0 bridgehead atoms. The fourth-order valence-electron chi connectivity index (χ4n) is 1.63. The van der Waals surface area contributed by atoms with Gasteiger partial charge in [-0.25, -0.2) is 9.97 Å². The molecule has 0 unspecified atom stereocenters. The highest BCUT2D eigenvalue weighted by molar-refractivity contribution is 5.43. The zero-order chi connectivity index (χ0) is 12.3. The maximum absolute atomic E-state index is 5.67. The van der Waals surface area contributed by atoms with Gasteiger partial charge in [-0.1, -0.05) is 6.07 Å².